The summed E-state index contributed by atoms with van der Waals surface area (Å²) in [6.45, 7) is 0. The molecule has 0 aliphatic carbocycles. The molecule has 0 fully saturated rings. The van der Waals surface area contributed by atoms with Gasteiger partial charge in [0, 0.05) is 10.8 Å². The van der Waals surface area contributed by atoms with Gasteiger partial charge in [-0.3, -0.25) is 9.11 Å². The van der Waals surface area contributed by atoms with E-state index in [1.54, 1.807) is 97.1 Å². The minimum Gasteiger partial charge on any atom is -0.494 e. The van der Waals surface area contributed by atoms with Crippen molar-refractivity contribution >= 4 is 64.5 Å². The van der Waals surface area contributed by atoms with Crippen molar-refractivity contribution in [1.82, 2.24) is 0 Å². The first-order valence-corrected chi connectivity index (χ1v) is 17.0. The van der Waals surface area contributed by atoms with E-state index >= 15 is 0 Å². The average Bonchev–Trinajstić information content (AvgIpc) is 3.08. The first-order valence-electron chi connectivity index (χ1n) is 14.2. The van der Waals surface area contributed by atoms with Crippen molar-refractivity contribution in [3.63, 3.8) is 0 Å². The Morgan fingerprint density at radius 3 is 1.21 bits per heavy atom. The van der Waals surface area contributed by atoms with Gasteiger partial charge in [0.1, 0.15) is 44.0 Å². The molecule has 12 nitrogen and oxygen atoms in total. The van der Waals surface area contributed by atoms with Crippen LogP contribution in [0.5, 0.6) is 11.5 Å². The number of rotatable bonds is 9. The molecular formula is C34H26N4O8S2. The number of hydrogen-bond acceptors (Lipinski definition) is 10. The van der Waals surface area contributed by atoms with E-state index in [-0.39, 0.29) is 21.2 Å². The highest BCUT2D eigenvalue weighted by atomic mass is 32.2. The molecule has 0 amide bonds. The summed E-state index contributed by atoms with van der Waals surface area (Å²) < 4.78 is 80.1. The van der Waals surface area contributed by atoms with Crippen molar-refractivity contribution < 1.29 is 35.4 Å². The van der Waals surface area contributed by atoms with Gasteiger partial charge in [-0.15, -0.1) is 20.5 Å². The summed E-state index contributed by atoms with van der Waals surface area (Å²) in [7, 11) is -6.33. The molecule has 0 atom stereocenters. The molecule has 242 valence electrons. The van der Waals surface area contributed by atoms with E-state index in [0.717, 1.165) is 0 Å². The number of hydrogen-bond donors (Lipinski definition) is 2. The SMILES string of the molecule is COc1cc(-c2ccc(N=Nc3ccc4ccccc4c3S(=O)(=O)O)c(OC)c2)ccc1N=Nc1ccc2ccccc2c1S(=O)(=O)O. The fourth-order valence-corrected chi connectivity index (χ4v) is 6.93. The van der Waals surface area contributed by atoms with Gasteiger partial charge in [-0.25, -0.2) is 0 Å². The fraction of sp³-hybridized carbons (Fsp3) is 0.0588. The maximum atomic E-state index is 12.3. The van der Waals surface area contributed by atoms with Crippen LogP contribution in [0.2, 0.25) is 0 Å². The predicted octanol–water partition coefficient (Wildman–Crippen LogP) is 9.00. The predicted molar refractivity (Wildman–Crippen MR) is 181 cm³/mol. The van der Waals surface area contributed by atoms with Crippen molar-refractivity contribution in [2.75, 3.05) is 14.2 Å². The normalized spacial score (nSPS) is 12.3. The Morgan fingerprint density at radius 1 is 0.479 bits per heavy atom. The molecule has 0 heterocycles. The highest BCUT2D eigenvalue weighted by Gasteiger charge is 2.21. The lowest BCUT2D eigenvalue weighted by Gasteiger charge is -2.11. The second-order valence-electron chi connectivity index (χ2n) is 10.4. The van der Waals surface area contributed by atoms with Gasteiger partial charge >= 0.3 is 0 Å². The number of nitrogens with zero attached hydrogens (tertiary/aromatic N) is 4. The zero-order valence-electron chi connectivity index (χ0n) is 25.3. The number of fused-ring (bicyclic) bond motifs is 2. The van der Waals surface area contributed by atoms with E-state index in [4.69, 9.17) is 9.47 Å². The number of azo groups is 2. The third kappa shape index (κ3) is 6.50. The van der Waals surface area contributed by atoms with Gasteiger partial charge < -0.3 is 9.47 Å². The molecule has 0 bridgehead atoms. The summed E-state index contributed by atoms with van der Waals surface area (Å²) >= 11 is 0. The average molecular weight is 683 g/mol. The third-order valence-electron chi connectivity index (χ3n) is 7.46. The second-order valence-corrected chi connectivity index (χ2v) is 13.1. The van der Waals surface area contributed by atoms with Gasteiger partial charge in [0.2, 0.25) is 0 Å². The number of ether oxygens (including phenoxy) is 2. The van der Waals surface area contributed by atoms with Crippen molar-refractivity contribution in [2.24, 2.45) is 20.5 Å². The van der Waals surface area contributed by atoms with Crippen LogP contribution in [0.4, 0.5) is 22.7 Å². The molecule has 0 radical (unpaired) electrons. The Bertz CT molecular complexity index is 2330. The van der Waals surface area contributed by atoms with Gasteiger partial charge in [0.05, 0.1) is 14.2 Å². The zero-order chi connectivity index (χ0) is 34.1. The van der Waals surface area contributed by atoms with E-state index in [1.165, 1.54) is 26.4 Å². The molecule has 0 aromatic heterocycles. The molecular weight excluding hydrogens is 657 g/mol. The molecule has 0 spiro atoms. The summed E-state index contributed by atoms with van der Waals surface area (Å²) in [5.74, 6) is 0.671. The summed E-state index contributed by atoms with van der Waals surface area (Å²) in [6, 6.07) is 29.9. The van der Waals surface area contributed by atoms with Crippen LogP contribution in [-0.2, 0) is 20.2 Å². The Hall–Kier alpha value is -5.54. The van der Waals surface area contributed by atoms with E-state index in [0.29, 0.717) is 55.5 Å². The van der Waals surface area contributed by atoms with Crippen molar-refractivity contribution in [3.05, 3.63) is 109 Å². The summed E-state index contributed by atoms with van der Waals surface area (Å²) in [5.41, 5.74) is 1.95. The Morgan fingerprint density at radius 2 is 0.833 bits per heavy atom. The minimum absolute atomic E-state index is 0.0378. The quantitative estimate of drug-likeness (QED) is 0.112. The lowest BCUT2D eigenvalue weighted by Crippen LogP contribution is -1.99. The number of methoxy groups -OCH3 is 2. The van der Waals surface area contributed by atoms with Crippen LogP contribution >= 0.6 is 0 Å². The van der Waals surface area contributed by atoms with E-state index in [9.17, 15) is 25.9 Å². The molecule has 0 aliphatic rings. The zero-order valence-corrected chi connectivity index (χ0v) is 27.0. The topological polar surface area (TPSA) is 177 Å². The molecule has 2 N–H and O–H groups in total. The second kappa shape index (κ2) is 12.9. The van der Waals surface area contributed by atoms with E-state index in [2.05, 4.69) is 20.5 Å². The van der Waals surface area contributed by atoms with Crippen LogP contribution in [0.25, 0.3) is 32.7 Å². The van der Waals surface area contributed by atoms with Gasteiger partial charge in [-0.2, -0.15) is 16.8 Å². The largest absolute Gasteiger partial charge is 0.494 e. The lowest BCUT2D eigenvalue weighted by atomic mass is 10.0. The molecule has 0 saturated heterocycles. The Balaban J connectivity index is 1.32. The van der Waals surface area contributed by atoms with Gasteiger partial charge in [0.25, 0.3) is 20.2 Å². The van der Waals surface area contributed by atoms with Crippen LogP contribution in [0, 0.1) is 0 Å². The minimum atomic E-state index is -4.62. The van der Waals surface area contributed by atoms with Gasteiger partial charge in [-0.05, 0) is 58.3 Å². The third-order valence-corrected chi connectivity index (χ3v) is 9.35. The van der Waals surface area contributed by atoms with Crippen LogP contribution in [-0.4, -0.2) is 40.2 Å². The maximum Gasteiger partial charge on any atom is 0.297 e. The lowest BCUT2D eigenvalue weighted by molar-refractivity contribution is 0.415. The van der Waals surface area contributed by atoms with Gasteiger partial charge in [-0.1, -0.05) is 72.8 Å². The first kappa shape index (κ1) is 32.4. The first-order chi connectivity index (χ1) is 23.0. The molecule has 0 aliphatic heterocycles. The highest BCUT2D eigenvalue weighted by Crippen LogP contribution is 2.40. The van der Waals surface area contributed by atoms with Crippen LogP contribution in [0.15, 0.2) is 139 Å². The van der Waals surface area contributed by atoms with Crippen LogP contribution in [0.1, 0.15) is 0 Å². The monoisotopic (exact) mass is 682 g/mol. The maximum absolute atomic E-state index is 12.3. The molecule has 0 unspecified atom stereocenters. The Kier molecular flexibility index (Phi) is 8.73. The van der Waals surface area contributed by atoms with Crippen molar-refractivity contribution in [2.45, 2.75) is 9.79 Å². The molecule has 48 heavy (non-hydrogen) atoms. The highest BCUT2D eigenvalue weighted by molar-refractivity contribution is 7.86. The standard InChI is InChI=1S/C34H26N4O8S2/c1-45-31-19-23(13-15-27(31)35-37-29-17-11-21-7-3-5-9-25(21)33(29)47(39,40)41)24-14-16-28(32(20-24)46-2)36-38-30-18-12-22-8-4-6-10-26(22)34(30)48(42,43)44/h3-20H,1-2H3,(H,39,40,41)(H,42,43,44). The summed E-state index contributed by atoms with van der Waals surface area (Å²) in [5, 5.41) is 18.6. The molecule has 6 aromatic carbocycles. The molecule has 0 saturated carbocycles. The fourth-order valence-electron chi connectivity index (χ4n) is 5.26. The van der Waals surface area contributed by atoms with Gasteiger partial charge in [0.15, 0.2) is 0 Å². The Labute approximate surface area is 275 Å². The van der Waals surface area contributed by atoms with Crippen molar-refractivity contribution in [1.29, 1.82) is 0 Å². The smallest absolute Gasteiger partial charge is 0.297 e. The van der Waals surface area contributed by atoms with E-state index in [1.807, 2.05) is 0 Å². The summed E-state index contributed by atoms with van der Waals surface area (Å²) in [4.78, 5) is -0.696. The molecule has 14 heteroatoms. The van der Waals surface area contributed by atoms with Crippen LogP contribution < -0.4 is 9.47 Å². The number of benzene rings is 6. The molecule has 6 aromatic rings. The van der Waals surface area contributed by atoms with Crippen molar-refractivity contribution in [3.8, 4) is 22.6 Å². The summed E-state index contributed by atoms with van der Waals surface area (Å²) in [6.07, 6.45) is 0. The van der Waals surface area contributed by atoms with E-state index < -0.39 is 20.2 Å². The van der Waals surface area contributed by atoms with Crippen LogP contribution in [0.3, 0.4) is 0 Å². The molecule has 6 rings (SSSR count).